The number of rotatable bonds is 13. The Hall–Kier alpha value is -2.61. The van der Waals surface area contributed by atoms with Crippen molar-refractivity contribution >= 4 is 17.9 Å². The number of fused-ring (bicyclic) bond motifs is 7. The van der Waals surface area contributed by atoms with Crippen LogP contribution in [0.1, 0.15) is 120 Å². The fourth-order valence-electron chi connectivity index (χ4n) is 16.6. The first-order valence-corrected chi connectivity index (χ1v) is 28.7. The molecule has 0 spiro atoms. The summed E-state index contributed by atoms with van der Waals surface area (Å²) >= 11 is 0. The molecule has 81 heavy (non-hydrogen) atoms. The Labute approximate surface area is 470 Å². The van der Waals surface area contributed by atoms with E-state index in [4.69, 9.17) is 42.6 Å². The predicted molar refractivity (Wildman–Crippen MR) is 273 cm³/mol. The number of carbonyl (C=O) groups excluding carboxylic acids is 2. The van der Waals surface area contributed by atoms with Gasteiger partial charge in [-0.2, -0.15) is 0 Å². The molecule has 0 radical (unpaired) electrons. The van der Waals surface area contributed by atoms with Crippen LogP contribution in [0.15, 0.2) is 11.6 Å². The predicted octanol–water partition coefficient (Wildman–Crippen LogP) is -1.37. The Kier molecular flexibility index (Phi) is 17.8. The molecule has 4 heterocycles. The summed E-state index contributed by atoms with van der Waals surface area (Å²) in [5, 5.41) is 140. The minimum Gasteiger partial charge on any atom is -0.479 e. The van der Waals surface area contributed by atoms with Gasteiger partial charge >= 0.3 is 17.9 Å². The number of esters is 2. The second-order valence-electron chi connectivity index (χ2n) is 26.8. The van der Waals surface area contributed by atoms with Crippen molar-refractivity contribution in [2.45, 2.75) is 249 Å². The van der Waals surface area contributed by atoms with Crippen LogP contribution in [-0.4, -0.2) is 233 Å². The number of ether oxygens (including phenoxy) is 9. The van der Waals surface area contributed by atoms with Crippen molar-refractivity contribution in [3.05, 3.63) is 11.6 Å². The molecule has 0 aromatic rings. The summed E-state index contributed by atoms with van der Waals surface area (Å²) in [6.45, 7) is 14.2. The number of hydrogen-bond acceptors (Lipinski definition) is 24. The highest BCUT2D eigenvalue weighted by atomic mass is 16.8. The molecule has 0 amide bonds. The quantitative estimate of drug-likeness (QED) is 0.0575. The maximum Gasteiger partial charge on any atom is 0.335 e. The molecule has 0 unspecified atom stereocenters. The zero-order valence-corrected chi connectivity index (χ0v) is 47.3. The van der Waals surface area contributed by atoms with Gasteiger partial charge in [0.25, 0.3) is 0 Å². The van der Waals surface area contributed by atoms with Gasteiger partial charge < -0.3 is 109 Å². The van der Waals surface area contributed by atoms with Crippen LogP contribution in [-0.2, 0) is 57.0 Å². The first-order valence-electron chi connectivity index (χ1n) is 28.7. The normalized spacial score (nSPS) is 52.4. The molecular formula is C56H88O25. The van der Waals surface area contributed by atoms with Crippen molar-refractivity contribution < 1.29 is 123 Å². The van der Waals surface area contributed by atoms with Crippen LogP contribution in [0.25, 0.3) is 0 Å². The van der Waals surface area contributed by atoms with Gasteiger partial charge in [-0.1, -0.05) is 53.2 Å². The Bertz CT molecular complexity index is 2320. The van der Waals surface area contributed by atoms with Gasteiger partial charge in [-0.25, -0.2) is 4.79 Å². The molecule has 462 valence electrons. The number of carboxylic acids is 1. The summed E-state index contributed by atoms with van der Waals surface area (Å²) in [6, 6.07) is 0. The molecule has 5 aliphatic carbocycles. The maximum atomic E-state index is 15.2. The lowest BCUT2D eigenvalue weighted by atomic mass is 9.33. The van der Waals surface area contributed by atoms with Crippen LogP contribution in [0.5, 0.6) is 0 Å². The topological polar surface area (TPSA) is 397 Å². The SMILES string of the molecule is CC(=O)OC[C@H]1O[C@H](OC[C@H]2O[C@H](OC(=O)[C@]34CCC(C)(C)C[C@H]3C3=CC[C@@H]5[C@@]6(C)CC[C@H](O[C@@H]7O[C@H](C(=O)O)[C@@H](O)[C@H](O)[C@H]7O)[C@@](C)(CO)[C@@H]6CC[C@@]5(C)[C@]3(C)CC4)[C@H](O)[C@@H](O)[C@@H]2O)[C@H](O)[C@@H](O)[C@@H]1O[C@H]1O[C@@H](C)[C@H](O)[C@@H](O)[C@H]1O. The Morgan fingerprint density at radius 3 is 1.88 bits per heavy atom. The number of carboxylic acid groups (broad SMARTS) is 1. The molecule has 13 N–H and O–H groups in total. The number of hydrogen-bond donors (Lipinski definition) is 13. The number of aliphatic carboxylic acids is 1. The number of carbonyl (C=O) groups is 3. The van der Waals surface area contributed by atoms with Crippen LogP contribution >= 0.6 is 0 Å². The molecule has 0 aromatic heterocycles. The first-order chi connectivity index (χ1) is 37.8. The smallest absolute Gasteiger partial charge is 0.335 e. The first kappa shape index (κ1) is 62.9. The van der Waals surface area contributed by atoms with Crippen molar-refractivity contribution in [3.63, 3.8) is 0 Å². The number of aliphatic hydroxyl groups excluding tert-OH is 12. The monoisotopic (exact) mass is 1160 g/mol. The van der Waals surface area contributed by atoms with Crippen molar-refractivity contribution in [2.24, 2.45) is 50.2 Å². The van der Waals surface area contributed by atoms with E-state index < -0.39 is 176 Å². The molecule has 0 aromatic carbocycles. The third-order valence-corrected chi connectivity index (χ3v) is 21.7. The van der Waals surface area contributed by atoms with E-state index in [1.807, 2.05) is 6.92 Å². The lowest BCUT2D eigenvalue weighted by Crippen LogP contribution is -2.67. The summed E-state index contributed by atoms with van der Waals surface area (Å²) in [5.41, 5.74) is -2.08. The lowest BCUT2D eigenvalue weighted by Gasteiger charge is -2.71. The third kappa shape index (κ3) is 10.6. The van der Waals surface area contributed by atoms with E-state index in [9.17, 15) is 76.0 Å². The van der Waals surface area contributed by atoms with Crippen LogP contribution in [0.2, 0.25) is 0 Å². The van der Waals surface area contributed by atoms with Gasteiger partial charge in [0.1, 0.15) is 92.1 Å². The summed E-state index contributed by atoms with van der Waals surface area (Å²) in [6.07, 6.45) is -26.5. The van der Waals surface area contributed by atoms with Crippen molar-refractivity contribution in [1.82, 2.24) is 0 Å². The number of allylic oxidation sites excluding steroid dienone is 2. The average Bonchev–Trinajstić information content (AvgIpc) is 3.33. The van der Waals surface area contributed by atoms with E-state index in [0.717, 1.165) is 18.9 Å². The summed E-state index contributed by atoms with van der Waals surface area (Å²) in [7, 11) is 0. The van der Waals surface area contributed by atoms with Gasteiger partial charge in [0.15, 0.2) is 25.0 Å². The molecule has 25 nitrogen and oxygen atoms in total. The fraction of sp³-hybridized carbons (Fsp3) is 0.911. The van der Waals surface area contributed by atoms with Gasteiger partial charge in [0, 0.05) is 12.3 Å². The Morgan fingerprint density at radius 1 is 0.617 bits per heavy atom. The zero-order valence-electron chi connectivity index (χ0n) is 47.3. The number of aliphatic hydroxyl groups is 12. The van der Waals surface area contributed by atoms with E-state index in [1.165, 1.54) is 6.92 Å². The van der Waals surface area contributed by atoms with E-state index >= 15 is 4.79 Å². The highest BCUT2D eigenvalue weighted by Gasteiger charge is 2.71. The summed E-state index contributed by atoms with van der Waals surface area (Å²) < 4.78 is 52.3. The highest BCUT2D eigenvalue weighted by molar-refractivity contribution is 5.79. The molecule has 4 saturated carbocycles. The molecule has 29 atom stereocenters. The Balaban J connectivity index is 0.907. The van der Waals surface area contributed by atoms with Crippen molar-refractivity contribution in [2.75, 3.05) is 19.8 Å². The standard InChI is InChI=1S/C56H88O25/c1-23-32(59)34(61)39(66)47(75-23)79-43-28(21-73-24(2)58)77-46(42(69)38(43)65)74-20-27-33(60)35(62)40(67)48(76-27)81-50(72)56-17-15-51(3,4)19-26(56)25-9-10-30-52(5)13-12-31(78-49-41(68)36(63)37(64)44(80-49)45(70)71)53(6,22-57)29(52)11-14-55(30,8)54(25,7)16-18-56/h9,23,26-44,46-49,57,59-69H,10-22H2,1-8H3,(H,70,71)/t23-,26-,27+,28+,29+,30+,31-,32-,33+,34+,35-,36-,37-,38+,39+,40+,41+,42+,43+,44-,46-,47+,48+,49+,52-,53-,54+,55+,56-/m0/s1. The van der Waals surface area contributed by atoms with Gasteiger partial charge in [-0.15, -0.1) is 0 Å². The molecule has 0 bridgehead atoms. The Morgan fingerprint density at radius 2 is 1.22 bits per heavy atom. The van der Waals surface area contributed by atoms with Gasteiger partial charge in [-0.05, 0) is 111 Å². The van der Waals surface area contributed by atoms with Crippen molar-refractivity contribution in [1.29, 1.82) is 0 Å². The zero-order chi connectivity index (χ0) is 59.4. The van der Waals surface area contributed by atoms with Crippen LogP contribution in [0.4, 0.5) is 0 Å². The van der Waals surface area contributed by atoms with Gasteiger partial charge in [0.2, 0.25) is 6.29 Å². The minimum atomic E-state index is -1.92. The van der Waals surface area contributed by atoms with E-state index in [-0.39, 0.29) is 40.6 Å². The molecule has 8 fully saturated rings. The van der Waals surface area contributed by atoms with E-state index in [1.54, 1.807) is 0 Å². The third-order valence-electron chi connectivity index (χ3n) is 21.7. The lowest BCUT2D eigenvalue weighted by molar-refractivity contribution is -0.361. The second-order valence-corrected chi connectivity index (χ2v) is 26.8. The largest absolute Gasteiger partial charge is 0.479 e. The van der Waals surface area contributed by atoms with Crippen LogP contribution < -0.4 is 0 Å². The highest BCUT2D eigenvalue weighted by Crippen LogP contribution is 2.76. The molecule has 4 saturated heterocycles. The molecule has 25 heteroatoms. The summed E-state index contributed by atoms with van der Waals surface area (Å²) in [4.78, 5) is 39.0. The van der Waals surface area contributed by atoms with E-state index in [2.05, 4.69) is 40.7 Å². The average molecular weight is 1160 g/mol. The van der Waals surface area contributed by atoms with Crippen molar-refractivity contribution in [3.8, 4) is 0 Å². The maximum absolute atomic E-state index is 15.2. The summed E-state index contributed by atoms with van der Waals surface area (Å²) in [5.74, 6) is -3.23. The fourth-order valence-corrected chi connectivity index (χ4v) is 16.6. The molecular weight excluding hydrogens is 1070 g/mol. The molecule has 4 aliphatic heterocycles. The molecule has 9 rings (SSSR count). The second kappa shape index (κ2) is 22.9. The van der Waals surface area contributed by atoms with Crippen LogP contribution in [0.3, 0.4) is 0 Å². The van der Waals surface area contributed by atoms with Crippen LogP contribution in [0, 0.1) is 50.2 Å². The molecule has 9 aliphatic rings. The van der Waals surface area contributed by atoms with E-state index in [0.29, 0.717) is 57.8 Å². The van der Waals surface area contributed by atoms with Gasteiger partial charge in [-0.3, -0.25) is 9.59 Å². The minimum absolute atomic E-state index is 0.0981. The van der Waals surface area contributed by atoms with Gasteiger partial charge in [0.05, 0.1) is 30.8 Å².